The van der Waals surface area contributed by atoms with Gasteiger partial charge in [-0.1, -0.05) is 18.2 Å². The smallest absolute Gasteiger partial charge is 0.339 e. The van der Waals surface area contributed by atoms with Crippen LogP contribution in [0.25, 0.3) is 0 Å². The number of primary amides is 1. The SMILES string of the molecule is COC(=O)CC1=C(C(=O)OC)C2(C(=O)N(CC(N)=O)c3ccccc32)C(C#N)=C(N)O1. The molecule has 0 aliphatic carbocycles. The Kier molecular flexibility index (Phi) is 5.40. The summed E-state index contributed by atoms with van der Waals surface area (Å²) in [5, 5.41) is 9.89. The molecule has 2 aliphatic rings. The molecule has 2 amide bonds. The first-order chi connectivity index (χ1) is 14.7. The Labute approximate surface area is 176 Å². The van der Waals surface area contributed by atoms with Gasteiger partial charge in [-0.3, -0.25) is 14.4 Å². The minimum Gasteiger partial charge on any atom is -0.469 e. The highest BCUT2D eigenvalue weighted by molar-refractivity contribution is 6.20. The molecule has 0 aromatic heterocycles. The molecule has 1 aromatic carbocycles. The van der Waals surface area contributed by atoms with E-state index in [2.05, 4.69) is 4.74 Å². The molecular weight excluding hydrogens is 408 g/mol. The lowest BCUT2D eigenvalue weighted by atomic mass is 9.68. The molecule has 0 saturated heterocycles. The van der Waals surface area contributed by atoms with Crippen LogP contribution in [0.3, 0.4) is 0 Å². The molecule has 4 N–H and O–H groups in total. The number of nitriles is 1. The Morgan fingerprint density at radius 1 is 1.23 bits per heavy atom. The monoisotopic (exact) mass is 426 g/mol. The lowest BCUT2D eigenvalue weighted by Crippen LogP contribution is -2.50. The quantitative estimate of drug-likeness (QED) is 0.586. The lowest BCUT2D eigenvalue weighted by Gasteiger charge is -2.35. The van der Waals surface area contributed by atoms with Crippen molar-refractivity contribution < 1.29 is 33.4 Å². The number of hydrogen-bond acceptors (Lipinski definition) is 9. The van der Waals surface area contributed by atoms with Crippen molar-refractivity contribution in [3.05, 3.63) is 52.6 Å². The highest BCUT2D eigenvalue weighted by Gasteiger charge is 2.62. The molecule has 1 unspecified atom stereocenters. The van der Waals surface area contributed by atoms with Gasteiger partial charge < -0.3 is 30.6 Å². The van der Waals surface area contributed by atoms with Crippen molar-refractivity contribution in [1.82, 2.24) is 0 Å². The molecule has 2 heterocycles. The van der Waals surface area contributed by atoms with Gasteiger partial charge >= 0.3 is 11.9 Å². The van der Waals surface area contributed by atoms with Crippen LogP contribution in [-0.4, -0.2) is 44.5 Å². The number of nitrogens with zero attached hydrogens (tertiary/aromatic N) is 2. The molecule has 0 fully saturated rings. The third-order valence-corrected chi connectivity index (χ3v) is 5.02. The molecule has 1 spiro atoms. The number of ether oxygens (including phenoxy) is 3. The van der Waals surface area contributed by atoms with E-state index in [9.17, 15) is 24.4 Å². The predicted octanol–water partition coefficient (Wildman–Crippen LogP) is -0.529. The Hall–Kier alpha value is -4.33. The van der Waals surface area contributed by atoms with Gasteiger partial charge in [0.15, 0.2) is 5.41 Å². The van der Waals surface area contributed by atoms with Gasteiger partial charge in [0.05, 0.1) is 14.2 Å². The summed E-state index contributed by atoms with van der Waals surface area (Å²) < 4.78 is 14.9. The number of benzene rings is 1. The molecule has 0 bridgehead atoms. The average Bonchev–Trinajstić information content (AvgIpc) is 2.97. The van der Waals surface area contributed by atoms with Crippen LogP contribution >= 0.6 is 0 Å². The number of para-hydroxylation sites is 1. The number of carbonyl (C=O) groups excluding carboxylic acids is 4. The summed E-state index contributed by atoms with van der Waals surface area (Å²) in [5.41, 5.74) is 8.81. The maximum absolute atomic E-state index is 13.8. The molecule has 11 nitrogen and oxygen atoms in total. The molecule has 1 atom stereocenters. The van der Waals surface area contributed by atoms with E-state index in [0.717, 1.165) is 19.1 Å². The summed E-state index contributed by atoms with van der Waals surface area (Å²) in [7, 11) is 2.20. The fourth-order valence-corrected chi connectivity index (χ4v) is 3.84. The second-order valence-corrected chi connectivity index (χ2v) is 6.62. The summed E-state index contributed by atoms with van der Waals surface area (Å²) in [6.45, 7) is -0.516. The van der Waals surface area contributed by atoms with E-state index in [4.69, 9.17) is 20.9 Å². The fraction of sp³-hybridized carbons (Fsp3) is 0.250. The Morgan fingerprint density at radius 3 is 2.48 bits per heavy atom. The summed E-state index contributed by atoms with van der Waals surface area (Å²) in [6, 6.07) is 8.05. The second-order valence-electron chi connectivity index (χ2n) is 6.62. The Balaban J connectivity index is 2.44. The van der Waals surface area contributed by atoms with Gasteiger partial charge in [-0.15, -0.1) is 0 Å². The molecule has 0 saturated carbocycles. The van der Waals surface area contributed by atoms with Crippen molar-refractivity contribution in [2.24, 2.45) is 11.5 Å². The maximum atomic E-state index is 13.8. The van der Waals surface area contributed by atoms with Gasteiger partial charge in [0.2, 0.25) is 17.7 Å². The van der Waals surface area contributed by atoms with Crippen LogP contribution in [0.1, 0.15) is 12.0 Å². The van der Waals surface area contributed by atoms with E-state index in [0.29, 0.717) is 0 Å². The average molecular weight is 426 g/mol. The minimum atomic E-state index is -2.10. The number of amides is 2. The van der Waals surface area contributed by atoms with Crippen molar-refractivity contribution in [3.8, 4) is 6.07 Å². The molecular formula is C20H18N4O7. The highest BCUT2D eigenvalue weighted by Crippen LogP contribution is 2.54. The Morgan fingerprint density at radius 2 is 1.90 bits per heavy atom. The van der Waals surface area contributed by atoms with E-state index >= 15 is 0 Å². The van der Waals surface area contributed by atoms with Gasteiger partial charge in [0.1, 0.15) is 35.9 Å². The zero-order valence-electron chi connectivity index (χ0n) is 16.6. The number of hydrogen-bond donors (Lipinski definition) is 2. The molecule has 11 heteroatoms. The van der Waals surface area contributed by atoms with Crippen LogP contribution in [0.15, 0.2) is 47.1 Å². The summed E-state index contributed by atoms with van der Waals surface area (Å²) >= 11 is 0. The van der Waals surface area contributed by atoms with Crippen LogP contribution in [-0.2, 0) is 38.8 Å². The predicted molar refractivity (Wildman–Crippen MR) is 103 cm³/mol. The number of fused-ring (bicyclic) bond motifs is 2. The van der Waals surface area contributed by atoms with Crippen molar-refractivity contribution in [1.29, 1.82) is 5.26 Å². The molecule has 3 rings (SSSR count). The fourth-order valence-electron chi connectivity index (χ4n) is 3.84. The van der Waals surface area contributed by atoms with Gasteiger partial charge in [0, 0.05) is 11.3 Å². The highest BCUT2D eigenvalue weighted by atomic mass is 16.5. The summed E-state index contributed by atoms with van der Waals surface area (Å²) in [5.74, 6) is -4.24. The Bertz CT molecular complexity index is 1110. The third-order valence-electron chi connectivity index (χ3n) is 5.02. The van der Waals surface area contributed by atoms with Crippen LogP contribution in [0, 0.1) is 11.3 Å². The molecule has 1 aromatic rings. The van der Waals surface area contributed by atoms with E-state index < -0.39 is 53.6 Å². The largest absolute Gasteiger partial charge is 0.469 e. The number of rotatable bonds is 5. The normalized spacial score (nSPS) is 19.6. The number of anilines is 1. The van der Waals surface area contributed by atoms with E-state index in [1.807, 2.05) is 6.07 Å². The topological polar surface area (TPSA) is 175 Å². The second kappa shape index (κ2) is 7.83. The zero-order chi connectivity index (χ0) is 22.9. The van der Waals surface area contributed by atoms with E-state index in [1.165, 1.54) is 12.1 Å². The first kappa shape index (κ1) is 21.4. The van der Waals surface area contributed by atoms with Crippen molar-refractivity contribution in [2.45, 2.75) is 11.8 Å². The van der Waals surface area contributed by atoms with E-state index in [-0.39, 0.29) is 22.6 Å². The van der Waals surface area contributed by atoms with E-state index in [1.54, 1.807) is 12.1 Å². The first-order valence-corrected chi connectivity index (χ1v) is 8.90. The van der Waals surface area contributed by atoms with Crippen LogP contribution in [0.5, 0.6) is 0 Å². The van der Waals surface area contributed by atoms with Crippen molar-refractivity contribution in [2.75, 3.05) is 25.7 Å². The summed E-state index contributed by atoms with van der Waals surface area (Å²) in [6.07, 6.45) is -0.562. The molecule has 160 valence electrons. The maximum Gasteiger partial charge on any atom is 0.339 e. The lowest BCUT2D eigenvalue weighted by molar-refractivity contribution is -0.141. The molecule has 0 radical (unpaired) electrons. The van der Waals surface area contributed by atoms with Gasteiger partial charge in [0.25, 0.3) is 0 Å². The number of nitrogens with two attached hydrogens (primary N) is 2. The van der Waals surface area contributed by atoms with Crippen molar-refractivity contribution in [3.63, 3.8) is 0 Å². The minimum absolute atomic E-state index is 0.187. The van der Waals surface area contributed by atoms with Gasteiger partial charge in [-0.25, -0.2) is 4.79 Å². The third kappa shape index (κ3) is 3.05. The molecule has 2 aliphatic heterocycles. The number of methoxy groups -OCH3 is 2. The first-order valence-electron chi connectivity index (χ1n) is 8.90. The van der Waals surface area contributed by atoms with Crippen molar-refractivity contribution >= 4 is 29.4 Å². The van der Waals surface area contributed by atoms with Crippen LogP contribution < -0.4 is 16.4 Å². The van der Waals surface area contributed by atoms with Gasteiger partial charge in [-0.05, 0) is 6.07 Å². The standard InChI is InChI=1S/C20H18N4O7/c1-29-15(26)7-13-16(18(27)30-2)20(11(8-21)17(23)31-13)10-5-3-4-6-12(10)24(19(20)28)9-14(22)25/h3-6H,7,9,23H2,1-2H3,(H2,22,25). The summed E-state index contributed by atoms with van der Waals surface area (Å²) in [4.78, 5) is 51.4. The zero-order valence-corrected chi connectivity index (χ0v) is 16.6. The molecule has 31 heavy (non-hydrogen) atoms. The van der Waals surface area contributed by atoms with Gasteiger partial charge in [-0.2, -0.15) is 5.26 Å². The van der Waals surface area contributed by atoms with Crippen LogP contribution in [0.4, 0.5) is 5.69 Å². The number of carbonyl (C=O) groups is 4. The number of esters is 2. The van der Waals surface area contributed by atoms with Crippen LogP contribution in [0.2, 0.25) is 0 Å².